The lowest BCUT2D eigenvalue weighted by atomic mass is 9.95. The number of carbonyl (C=O) groups is 1. The van der Waals surface area contributed by atoms with Crippen LogP contribution in [0.3, 0.4) is 0 Å². The summed E-state index contributed by atoms with van der Waals surface area (Å²) in [7, 11) is 1.72. The first kappa shape index (κ1) is 19.7. The molecule has 0 saturated carbocycles. The maximum Gasteiger partial charge on any atom is 0.317 e. The Balaban J connectivity index is 2.00. The second-order valence-electron chi connectivity index (χ2n) is 8.00. The van der Waals surface area contributed by atoms with Gasteiger partial charge in [0.05, 0.1) is 18.2 Å². The summed E-state index contributed by atoms with van der Waals surface area (Å²) in [6.07, 6.45) is 2.41. The molecule has 25 heavy (non-hydrogen) atoms. The van der Waals surface area contributed by atoms with Crippen LogP contribution in [0.25, 0.3) is 0 Å². The summed E-state index contributed by atoms with van der Waals surface area (Å²) < 4.78 is 0. The molecule has 0 bridgehead atoms. The van der Waals surface area contributed by atoms with Crippen molar-refractivity contribution in [3.8, 4) is 0 Å². The summed E-state index contributed by atoms with van der Waals surface area (Å²) in [4.78, 5) is 16.4. The normalized spacial score (nSPS) is 18.0. The summed E-state index contributed by atoms with van der Waals surface area (Å²) in [5, 5.41) is 12.9. The molecule has 5 heteroatoms. The van der Waals surface area contributed by atoms with E-state index in [0.717, 1.165) is 19.0 Å². The van der Waals surface area contributed by atoms with E-state index in [9.17, 15) is 9.90 Å². The minimum absolute atomic E-state index is 0.145. The molecule has 1 aliphatic heterocycles. The summed E-state index contributed by atoms with van der Waals surface area (Å²) in [5.74, 6) is 0.778. The molecule has 2 N–H and O–H groups in total. The van der Waals surface area contributed by atoms with Crippen molar-refractivity contribution in [2.75, 3.05) is 33.2 Å². The second kappa shape index (κ2) is 8.68. The molecular formula is C20H33N3O2. The minimum atomic E-state index is -0.895. The number of urea groups is 1. The average Bonchev–Trinajstić information content (AvgIpc) is 2.56. The molecule has 1 atom stereocenters. The van der Waals surface area contributed by atoms with Gasteiger partial charge in [-0.1, -0.05) is 37.3 Å². The largest absolute Gasteiger partial charge is 0.389 e. The van der Waals surface area contributed by atoms with Crippen molar-refractivity contribution in [2.24, 2.45) is 5.92 Å². The van der Waals surface area contributed by atoms with Crippen LogP contribution in [0.15, 0.2) is 30.3 Å². The number of rotatable bonds is 6. The number of aliphatic hydroxyl groups is 1. The number of hydrogen-bond donors (Lipinski definition) is 2. The Morgan fingerprint density at radius 1 is 1.32 bits per heavy atom. The van der Waals surface area contributed by atoms with E-state index in [1.165, 1.54) is 18.4 Å². The van der Waals surface area contributed by atoms with Crippen LogP contribution in [0.4, 0.5) is 4.79 Å². The molecule has 1 aromatic rings. The van der Waals surface area contributed by atoms with E-state index >= 15 is 0 Å². The fourth-order valence-electron chi connectivity index (χ4n) is 3.44. The van der Waals surface area contributed by atoms with E-state index < -0.39 is 5.60 Å². The van der Waals surface area contributed by atoms with Crippen LogP contribution in [0, 0.1) is 5.92 Å². The van der Waals surface area contributed by atoms with Crippen LogP contribution >= 0.6 is 0 Å². The Morgan fingerprint density at radius 2 is 1.92 bits per heavy atom. The number of amides is 2. The SMILES string of the molecule is CC1CCN(C(CNC(=O)N(C)CC(C)(C)O)c2ccccc2)CC1. The molecule has 0 aliphatic carbocycles. The van der Waals surface area contributed by atoms with Crippen molar-refractivity contribution in [3.63, 3.8) is 0 Å². The zero-order valence-electron chi connectivity index (χ0n) is 16.0. The van der Waals surface area contributed by atoms with Crippen LogP contribution < -0.4 is 5.32 Å². The third-order valence-corrected chi connectivity index (χ3v) is 4.86. The number of carbonyl (C=O) groups excluding carboxylic acids is 1. The molecule has 2 amide bonds. The van der Waals surface area contributed by atoms with Gasteiger partial charge in [-0.3, -0.25) is 4.90 Å². The van der Waals surface area contributed by atoms with Crippen molar-refractivity contribution in [1.82, 2.24) is 15.1 Å². The summed E-state index contributed by atoms with van der Waals surface area (Å²) in [5.41, 5.74) is 0.344. The van der Waals surface area contributed by atoms with Crippen LogP contribution in [-0.4, -0.2) is 59.8 Å². The lowest BCUT2D eigenvalue weighted by Gasteiger charge is -2.37. The molecule has 5 nitrogen and oxygen atoms in total. The Kier molecular flexibility index (Phi) is 6.85. The lowest BCUT2D eigenvalue weighted by molar-refractivity contribution is 0.0526. The second-order valence-corrected chi connectivity index (χ2v) is 8.00. The molecule has 0 aromatic heterocycles. The molecular weight excluding hydrogens is 314 g/mol. The van der Waals surface area contributed by atoms with E-state index in [-0.39, 0.29) is 12.1 Å². The summed E-state index contributed by atoms with van der Waals surface area (Å²) >= 11 is 0. The van der Waals surface area contributed by atoms with Crippen molar-refractivity contribution >= 4 is 6.03 Å². The van der Waals surface area contributed by atoms with Crippen LogP contribution in [-0.2, 0) is 0 Å². The van der Waals surface area contributed by atoms with Gasteiger partial charge in [0.25, 0.3) is 0 Å². The van der Waals surface area contributed by atoms with E-state index in [1.807, 2.05) is 6.07 Å². The predicted molar refractivity (Wildman–Crippen MR) is 101 cm³/mol. The van der Waals surface area contributed by atoms with Gasteiger partial charge in [-0.25, -0.2) is 4.79 Å². The van der Waals surface area contributed by atoms with Gasteiger partial charge < -0.3 is 15.3 Å². The minimum Gasteiger partial charge on any atom is -0.389 e. The molecule has 140 valence electrons. The standard InChI is InChI=1S/C20H33N3O2/c1-16-10-12-23(13-11-16)18(17-8-6-5-7-9-17)14-21-19(24)22(4)15-20(2,3)25/h5-9,16,18,25H,10-15H2,1-4H3,(H,21,24). The third kappa shape index (κ3) is 6.33. The first-order chi connectivity index (χ1) is 11.8. The van der Waals surface area contributed by atoms with Crippen molar-refractivity contribution in [1.29, 1.82) is 0 Å². The van der Waals surface area contributed by atoms with Crippen molar-refractivity contribution < 1.29 is 9.90 Å². The number of likely N-dealkylation sites (N-methyl/N-ethyl adjacent to an activating group) is 1. The van der Waals surface area contributed by atoms with Crippen molar-refractivity contribution in [2.45, 2.75) is 45.3 Å². The number of nitrogens with zero attached hydrogens (tertiary/aromatic N) is 2. The molecule has 1 saturated heterocycles. The van der Waals surface area contributed by atoms with E-state index in [4.69, 9.17) is 0 Å². The molecule has 0 spiro atoms. The molecule has 0 radical (unpaired) electrons. The highest BCUT2D eigenvalue weighted by Crippen LogP contribution is 2.26. The number of benzene rings is 1. The summed E-state index contributed by atoms with van der Waals surface area (Å²) in [6.45, 7) is 8.73. The van der Waals surface area contributed by atoms with Gasteiger partial charge in [0.15, 0.2) is 0 Å². The smallest absolute Gasteiger partial charge is 0.317 e. The Bertz CT molecular complexity index is 534. The van der Waals surface area contributed by atoms with E-state index in [0.29, 0.717) is 13.1 Å². The number of piperidine rings is 1. The lowest BCUT2D eigenvalue weighted by Crippen LogP contribution is -2.47. The van der Waals surface area contributed by atoms with Gasteiger partial charge in [-0.15, -0.1) is 0 Å². The first-order valence-electron chi connectivity index (χ1n) is 9.26. The van der Waals surface area contributed by atoms with Crippen LogP contribution in [0.2, 0.25) is 0 Å². The van der Waals surface area contributed by atoms with E-state index in [1.54, 1.807) is 25.8 Å². The van der Waals surface area contributed by atoms with Gasteiger partial charge in [-0.05, 0) is 51.3 Å². The highest BCUT2D eigenvalue weighted by molar-refractivity contribution is 5.74. The Hall–Kier alpha value is -1.59. The first-order valence-corrected chi connectivity index (χ1v) is 9.26. The molecule has 2 rings (SSSR count). The average molecular weight is 348 g/mol. The zero-order chi connectivity index (χ0) is 18.4. The Morgan fingerprint density at radius 3 is 2.48 bits per heavy atom. The third-order valence-electron chi connectivity index (χ3n) is 4.86. The Labute approximate surface area is 152 Å². The van der Waals surface area contributed by atoms with E-state index in [2.05, 4.69) is 41.4 Å². The summed E-state index contributed by atoms with van der Waals surface area (Å²) in [6, 6.07) is 10.4. The zero-order valence-corrected chi connectivity index (χ0v) is 16.0. The molecule has 1 aromatic carbocycles. The number of likely N-dealkylation sites (tertiary alicyclic amines) is 1. The monoisotopic (exact) mass is 347 g/mol. The van der Waals surface area contributed by atoms with Crippen molar-refractivity contribution in [3.05, 3.63) is 35.9 Å². The fourth-order valence-corrected chi connectivity index (χ4v) is 3.44. The number of hydrogen-bond acceptors (Lipinski definition) is 3. The van der Waals surface area contributed by atoms with Crippen LogP contribution in [0.5, 0.6) is 0 Å². The maximum absolute atomic E-state index is 12.4. The predicted octanol–water partition coefficient (Wildman–Crippen LogP) is 2.87. The maximum atomic E-state index is 12.4. The van der Waals surface area contributed by atoms with Crippen LogP contribution in [0.1, 0.15) is 45.2 Å². The van der Waals surface area contributed by atoms with Gasteiger partial charge in [-0.2, -0.15) is 0 Å². The van der Waals surface area contributed by atoms with Gasteiger partial charge in [0, 0.05) is 13.6 Å². The highest BCUT2D eigenvalue weighted by Gasteiger charge is 2.26. The van der Waals surface area contributed by atoms with Gasteiger partial charge in [0.1, 0.15) is 0 Å². The van der Waals surface area contributed by atoms with Gasteiger partial charge in [0.2, 0.25) is 0 Å². The highest BCUT2D eigenvalue weighted by atomic mass is 16.3. The molecule has 1 fully saturated rings. The molecule has 1 unspecified atom stereocenters. The molecule has 1 aliphatic rings. The topological polar surface area (TPSA) is 55.8 Å². The quantitative estimate of drug-likeness (QED) is 0.832. The number of nitrogens with one attached hydrogen (secondary N) is 1. The fraction of sp³-hybridized carbons (Fsp3) is 0.650. The van der Waals surface area contributed by atoms with Gasteiger partial charge >= 0.3 is 6.03 Å². The molecule has 1 heterocycles.